The molecular weight excluding hydrogens is 553 g/mol. The summed E-state index contributed by atoms with van der Waals surface area (Å²) in [7, 11) is 0. The molecule has 0 aliphatic heterocycles. The molecule has 1 unspecified atom stereocenters. The molecule has 0 bridgehead atoms. The van der Waals surface area contributed by atoms with E-state index >= 15 is 0 Å². The average molecular weight is 576 g/mol. The van der Waals surface area contributed by atoms with E-state index in [9.17, 15) is 0 Å². The number of aromatic nitrogens is 2. The fraction of sp³-hybridized carbons (Fsp3) is 0.208. The summed E-state index contributed by atoms with van der Waals surface area (Å²) in [5.41, 5.74) is 5.61. The van der Waals surface area contributed by atoms with Gasteiger partial charge in [0.05, 0.1) is 23.7 Å². The first-order valence-electron chi connectivity index (χ1n) is 9.91. The van der Waals surface area contributed by atoms with Crippen molar-refractivity contribution in [2.24, 2.45) is 0 Å². The molecule has 6 heteroatoms. The van der Waals surface area contributed by atoms with Crippen molar-refractivity contribution in [2.45, 2.75) is 24.3 Å². The molecule has 3 aromatic carbocycles. The van der Waals surface area contributed by atoms with E-state index < -0.39 is 0 Å². The second-order valence-electron chi connectivity index (χ2n) is 7.07. The molecule has 154 valence electrons. The van der Waals surface area contributed by atoms with Crippen LogP contribution in [0.4, 0.5) is 5.95 Å². The highest BCUT2D eigenvalue weighted by Crippen LogP contribution is 2.30. The maximum Gasteiger partial charge on any atom is 0.209 e. The molecule has 0 radical (unpaired) electrons. The van der Waals surface area contributed by atoms with Gasteiger partial charge >= 0.3 is 0 Å². The highest BCUT2D eigenvalue weighted by Gasteiger charge is 2.16. The maximum atomic E-state index is 5.62. The Kier molecular flexibility index (Phi) is 6.63. The van der Waals surface area contributed by atoms with Gasteiger partial charge in [0.15, 0.2) is 0 Å². The normalized spacial score (nSPS) is 12.1. The predicted molar refractivity (Wildman–Crippen MR) is 136 cm³/mol. The minimum atomic E-state index is 0.111. The average Bonchev–Trinajstić information content (AvgIpc) is 3.11. The molecule has 1 atom stereocenters. The van der Waals surface area contributed by atoms with Crippen molar-refractivity contribution in [3.8, 4) is 11.4 Å². The van der Waals surface area contributed by atoms with Gasteiger partial charge in [0.1, 0.15) is 5.75 Å². The van der Waals surface area contributed by atoms with Crippen LogP contribution in [0.5, 0.6) is 5.75 Å². The van der Waals surface area contributed by atoms with Gasteiger partial charge in [-0.05, 0) is 73.5 Å². The van der Waals surface area contributed by atoms with Gasteiger partial charge in [-0.2, -0.15) is 0 Å². The SMILES string of the molecule is CCOc1ccc(-n2c(NC(C)c3ccc(Br)cc3)nc3ccc(CI)cc32)cc1. The number of halogens is 2. The second kappa shape index (κ2) is 9.39. The van der Waals surface area contributed by atoms with E-state index in [0.29, 0.717) is 6.61 Å². The molecule has 4 nitrogen and oxygen atoms in total. The van der Waals surface area contributed by atoms with Gasteiger partial charge in [-0.3, -0.25) is 4.57 Å². The predicted octanol–water partition coefficient (Wildman–Crippen LogP) is 7.29. The van der Waals surface area contributed by atoms with Crippen molar-refractivity contribution in [3.63, 3.8) is 0 Å². The van der Waals surface area contributed by atoms with Crippen molar-refractivity contribution in [1.29, 1.82) is 0 Å². The van der Waals surface area contributed by atoms with Crippen molar-refractivity contribution in [2.75, 3.05) is 11.9 Å². The summed E-state index contributed by atoms with van der Waals surface area (Å²) in [5.74, 6) is 1.70. The molecule has 0 spiro atoms. The number of anilines is 1. The van der Waals surface area contributed by atoms with E-state index in [-0.39, 0.29) is 6.04 Å². The van der Waals surface area contributed by atoms with Crippen molar-refractivity contribution in [3.05, 3.63) is 82.3 Å². The number of rotatable bonds is 7. The van der Waals surface area contributed by atoms with Gasteiger partial charge in [0.2, 0.25) is 5.95 Å². The molecule has 0 amide bonds. The lowest BCUT2D eigenvalue weighted by atomic mass is 10.1. The fourth-order valence-electron chi connectivity index (χ4n) is 3.45. The Labute approximate surface area is 198 Å². The molecular formula is C24H23BrIN3O. The van der Waals surface area contributed by atoms with Crippen LogP contribution >= 0.6 is 38.5 Å². The lowest BCUT2D eigenvalue weighted by molar-refractivity contribution is 0.340. The van der Waals surface area contributed by atoms with Gasteiger partial charge in [-0.25, -0.2) is 4.98 Å². The third kappa shape index (κ3) is 4.49. The molecule has 4 rings (SSSR count). The summed E-state index contributed by atoms with van der Waals surface area (Å²) in [6.07, 6.45) is 0. The Morgan fingerprint density at radius 1 is 1.07 bits per heavy atom. The summed E-state index contributed by atoms with van der Waals surface area (Å²) in [4.78, 5) is 4.92. The summed E-state index contributed by atoms with van der Waals surface area (Å²) in [6, 6.07) is 23.1. The quantitative estimate of drug-likeness (QED) is 0.186. The Hall–Kier alpha value is -2.06. The Morgan fingerprint density at radius 2 is 1.80 bits per heavy atom. The minimum Gasteiger partial charge on any atom is -0.494 e. The van der Waals surface area contributed by atoms with Crippen LogP contribution in [0.3, 0.4) is 0 Å². The number of imidazole rings is 1. The fourth-order valence-corrected chi connectivity index (χ4v) is 4.19. The summed E-state index contributed by atoms with van der Waals surface area (Å²) < 4.78 is 9.84. The maximum absolute atomic E-state index is 5.62. The Balaban J connectivity index is 1.78. The third-order valence-electron chi connectivity index (χ3n) is 4.99. The van der Waals surface area contributed by atoms with Crippen LogP contribution in [0, 0.1) is 0 Å². The standard InChI is InChI=1S/C24H23BrIN3O/c1-3-30-21-11-9-20(10-12-21)29-23-14-17(15-26)4-13-22(23)28-24(29)27-16(2)18-5-7-19(25)8-6-18/h4-14,16H,3,15H2,1-2H3,(H,27,28). The smallest absolute Gasteiger partial charge is 0.209 e. The number of nitrogens with one attached hydrogen (secondary N) is 1. The highest BCUT2D eigenvalue weighted by molar-refractivity contribution is 14.1. The zero-order valence-electron chi connectivity index (χ0n) is 16.9. The number of alkyl halides is 1. The topological polar surface area (TPSA) is 39.1 Å². The summed E-state index contributed by atoms with van der Waals surface area (Å²) in [5, 5.41) is 3.61. The van der Waals surface area contributed by atoms with E-state index in [2.05, 4.69) is 110 Å². The zero-order valence-corrected chi connectivity index (χ0v) is 20.6. The number of nitrogens with zero attached hydrogens (tertiary/aromatic N) is 2. The number of fused-ring (bicyclic) bond motifs is 1. The molecule has 0 saturated carbocycles. The summed E-state index contributed by atoms with van der Waals surface area (Å²) in [6.45, 7) is 4.81. The van der Waals surface area contributed by atoms with E-state index in [1.54, 1.807) is 0 Å². The molecule has 30 heavy (non-hydrogen) atoms. The van der Waals surface area contributed by atoms with Gasteiger partial charge in [-0.1, -0.05) is 56.7 Å². The molecule has 1 aromatic heterocycles. The van der Waals surface area contributed by atoms with Gasteiger partial charge < -0.3 is 10.1 Å². The van der Waals surface area contributed by atoms with Crippen molar-refractivity contribution >= 4 is 55.5 Å². The molecule has 0 aliphatic carbocycles. The molecule has 4 aromatic rings. The van der Waals surface area contributed by atoms with E-state index in [1.807, 2.05) is 19.1 Å². The number of benzene rings is 3. The number of hydrogen-bond donors (Lipinski definition) is 1. The molecule has 0 fully saturated rings. The van der Waals surface area contributed by atoms with E-state index in [1.165, 1.54) is 11.1 Å². The van der Waals surface area contributed by atoms with Crippen LogP contribution in [0.1, 0.15) is 31.0 Å². The van der Waals surface area contributed by atoms with Crippen LogP contribution in [0.25, 0.3) is 16.7 Å². The number of ether oxygens (including phenoxy) is 1. The zero-order chi connectivity index (χ0) is 21.1. The van der Waals surface area contributed by atoms with Crippen LogP contribution in [0.2, 0.25) is 0 Å². The third-order valence-corrected chi connectivity index (χ3v) is 6.40. The van der Waals surface area contributed by atoms with E-state index in [4.69, 9.17) is 9.72 Å². The molecule has 0 aliphatic rings. The van der Waals surface area contributed by atoms with Crippen LogP contribution < -0.4 is 10.1 Å². The monoisotopic (exact) mass is 575 g/mol. The highest BCUT2D eigenvalue weighted by atomic mass is 127. The van der Waals surface area contributed by atoms with Gasteiger partial charge in [0, 0.05) is 14.6 Å². The van der Waals surface area contributed by atoms with Crippen LogP contribution in [0.15, 0.2) is 71.2 Å². The van der Waals surface area contributed by atoms with E-state index in [0.717, 1.165) is 37.3 Å². The summed E-state index contributed by atoms with van der Waals surface area (Å²) >= 11 is 5.91. The Morgan fingerprint density at radius 3 is 2.47 bits per heavy atom. The van der Waals surface area contributed by atoms with Crippen LogP contribution in [-0.2, 0) is 4.43 Å². The largest absolute Gasteiger partial charge is 0.494 e. The molecule has 0 saturated heterocycles. The van der Waals surface area contributed by atoms with Gasteiger partial charge in [-0.15, -0.1) is 0 Å². The molecule has 1 heterocycles. The lowest BCUT2D eigenvalue weighted by Gasteiger charge is -2.17. The Bertz CT molecular complexity index is 1140. The van der Waals surface area contributed by atoms with Gasteiger partial charge in [0.25, 0.3) is 0 Å². The van der Waals surface area contributed by atoms with Crippen LogP contribution in [-0.4, -0.2) is 16.2 Å². The van der Waals surface area contributed by atoms with Crippen molar-refractivity contribution < 1.29 is 4.74 Å². The number of hydrogen-bond acceptors (Lipinski definition) is 3. The first kappa shape index (κ1) is 21.2. The minimum absolute atomic E-state index is 0.111. The van der Waals surface area contributed by atoms with Crippen molar-refractivity contribution in [1.82, 2.24) is 9.55 Å². The lowest BCUT2D eigenvalue weighted by Crippen LogP contribution is -2.11. The first-order chi connectivity index (χ1) is 14.6. The first-order valence-corrected chi connectivity index (χ1v) is 12.2. The second-order valence-corrected chi connectivity index (χ2v) is 8.75. The molecule has 1 N–H and O–H groups in total.